The molecule has 1 aromatic rings. The van der Waals surface area contributed by atoms with Crippen LogP contribution in [0.5, 0.6) is 0 Å². The molecule has 2 aliphatic heterocycles. The average molecular weight is 389 g/mol. The van der Waals surface area contributed by atoms with E-state index in [1.807, 2.05) is 0 Å². The molecule has 2 amide bonds. The first-order valence-corrected chi connectivity index (χ1v) is 9.76. The Morgan fingerprint density at radius 3 is 2.54 bits per heavy atom. The number of nitrogens with one attached hydrogen (secondary N) is 2. The molecule has 0 saturated carbocycles. The van der Waals surface area contributed by atoms with Crippen LogP contribution in [-0.2, 0) is 19.1 Å². The second-order valence-electron chi connectivity index (χ2n) is 6.97. The number of carbonyl (C=O) groups excluding carboxylic acids is 3. The number of amides is 2. The lowest BCUT2D eigenvalue weighted by Gasteiger charge is -2.31. The van der Waals surface area contributed by atoms with Crippen molar-refractivity contribution in [3.63, 3.8) is 0 Å². The molecule has 2 fully saturated rings. The summed E-state index contributed by atoms with van der Waals surface area (Å²) in [4.78, 5) is 38.4. The molecule has 1 aromatic carbocycles. The minimum Gasteiger partial charge on any atom is -0.466 e. The number of rotatable bonds is 5. The quantitative estimate of drug-likeness (QED) is 0.730. The van der Waals surface area contributed by atoms with E-state index in [9.17, 15) is 14.4 Å². The van der Waals surface area contributed by atoms with Gasteiger partial charge in [-0.15, -0.1) is 0 Å². The van der Waals surface area contributed by atoms with Gasteiger partial charge in [0.25, 0.3) is 5.91 Å². The van der Waals surface area contributed by atoms with Gasteiger partial charge in [-0.25, -0.2) is 0 Å². The maximum absolute atomic E-state index is 12.7. The van der Waals surface area contributed by atoms with Gasteiger partial charge < -0.3 is 25.0 Å². The molecule has 8 nitrogen and oxygen atoms in total. The predicted octanol–water partition coefficient (Wildman–Crippen LogP) is 1.03. The SMILES string of the molecule is CCOC(=O)C1CCN(C(=O)c2ccc(NC(=O)C3COCCN3)cc2)CC1. The number of carbonyl (C=O) groups is 3. The van der Waals surface area contributed by atoms with Crippen LogP contribution in [0, 0.1) is 5.92 Å². The lowest BCUT2D eigenvalue weighted by Crippen LogP contribution is -2.48. The van der Waals surface area contributed by atoms with Gasteiger partial charge in [-0.3, -0.25) is 14.4 Å². The highest BCUT2D eigenvalue weighted by Crippen LogP contribution is 2.21. The van der Waals surface area contributed by atoms with Gasteiger partial charge in [-0.1, -0.05) is 0 Å². The number of esters is 1. The fourth-order valence-corrected chi connectivity index (χ4v) is 3.42. The zero-order valence-electron chi connectivity index (χ0n) is 16.1. The second-order valence-corrected chi connectivity index (χ2v) is 6.97. The number of ether oxygens (including phenoxy) is 2. The zero-order valence-corrected chi connectivity index (χ0v) is 16.1. The van der Waals surface area contributed by atoms with Crippen molar-refractivity contribution in [2.24, 2.45) is 5.92 Å². The van der Waals surface area contributed by atoms with Crippen LogP contribution < -0.4 is 10.6 Å². The first-order valence-electron chi connectivity index (χ1n) is 9.76. The van der Waals surface area contributed by atoms with Crippen molar-refractivity contribution in [2.45, 2.75) is 25.8 Å². The number of likely N-dealkylation sites (tertiary alicyclic amines) is 1. The minimum atomic E-state index is -0.365. The van der Waals surface area contributed by atoms with Crippen molar-refractivity contribution < 1.29 is 23.9 Å². The number of anilines is 1. The Balaban J connectivity index is 1.51. The summed E-state index contributed by atoms with van der Waals surface area (Å²) in [5, 5.41) is 5.93. The van der Waals surface area contributed by atoms with Gasteiger partial charge in [-0.2, -0.15) is 0 Å². The summed E-state index contributed by atoms with van der Waals surface area (Å²) in [6.07, 6.45) is 1.24. The normalized spacial score (nSPS) is 20.5. The van der Waals surface area contributed by atoms with E-state index in [-0.39, 0.29) is 29.7 Å². The van der Waals surface area contributed by atoms with Crippen LogP contribution in [0.2, 0.25) is 0 Å². The predicted molar refractivity (Wildman–Crippen MR) is 103 cm³/mol. The van der Waals surface area contributed by atoms with E-state index < -0.39 is 0 Å². The first-order chi connectivity index (χ1) is 13.6. The third-order valence-electron chi connectivity index (χ3n) is 5.04. The summed E-state index contributed by atoms with van der Waals surface area (Å²) in [6, 6.07) is 6.50. The standard InChI is InChI=1S/C20H27N3O5/c1-2-28-20(26)15-7-10-23(11-8-15)19(25)14-3-5-16(6-4-14)22-18(24)17-13-27-12-9-21-17/h3-6,15,17,21H,2,7-13H2,1H3,(H,22,24). The number of piperidine rings is 1. The molecule has 1 unspecified atom stereocenters. The fourth-order valence-electron chi connectivity index (χ4n) is 3.42. The van der Waals surface area contributed by atoms with Gasteiger partial charge in [0.2, 0.25) is 5.91 Å². The topological polar surface area (TPSA) is 97.0 Å². The smallest absolute Gasteiger partial charge is 0.309 e. The van der Waals surface area contributed by atoms with Crippen molar-refractivity contribution in [3.8, 4) is 0 Å². The van der Waals surface area contributed by atoms with Crippen molar-refractivity contribution in [3.05, 3.63) is 29.8 Å². The molecule has 1 atom stereocenters. The van der Waals surface area contributed by atoms with Gasteiger partial charge in [-0.05, 0) is 44.0 Å². The molecule has 2 saturated heterocycles. The molecule has 28 heavy (non-hydrogen) atoms. The van der Waals surface area contributed by atoms with Crippen LogP contribution in [0.3, 0.4) is 0 Å². The molecule has 3 rings (SSSR count). The van der Waals surface area contributed by atoms with E-state index in [1.165, 1.54) is 0 Å². The highest BCUT2D eigenvalue weighted by atomic mass is 16.5. The van der Waals surface area contributed by atoms with Crippen LogP contribution in [0.1, 0.15) is 30.1 Å². The Labute approximate surface area is 164 Å². The van der Waals surface area contributed by atoms with Crippen molar-refractivity contribution in [1.29, 1.82) is 0 Å². The lowest BCUT2D eigenvalue weighted by atomic mass is 9.96. The maximum Gasteiger partial charge on any atom is 0.309 e. The highest BCUT2D eigenvalue weighted by molar-refractivity contribution is 5.97. The Kier molecular flexibility index (Phi) is 7.00. The molecule has 152 valence electrons. The van der Waals surface area contributed by atoms with E-state index in [0.29, 0.717) is 63.5 Å². The van der Waals surface area contributed by atoms with Gasteiger partial charge in [0.05, 0.1) is 25.7 Å². The Morgan fingerprint density at radius 2 is 1.93 bits per heavy atom. The molecule has 0 radical (unpaired) electrons. The third-order valence-corrected chi connectivity index (χ3v) is 5.04. The molecule has 2 N–H and O–H groups in total. The molecule has 0 spiro atoms. The van der Waals surface area contributed by atoms with Crippen molar-refractivity contribution in [1.82, 2.24) is 10.2 Å². The fraction of sp³-hybridized carbons (Fsp3) is 0.550. The average Bonchev–Trinajstić information content (AvgIpc) is 2.74. The molecular formula is C20H27N3O5. The number of hydrogen-bond acceptors (Lipinski definition) is 6. The molecule has 2 aliphatic rings. The largest absolute Gasteiger partial charge is 0.466 e. The van der Waals surface area contributed by atoms with Gasteiger partial charge >= 0.3 is 5.97 Å². The van der Waals surface area contributed by atoms with Crippen LogP contribution in [0.25, 0.3) is 0 Å². The highest BCUT2D eigenvalue weighted by Gasteiger charge is 2.28. The number of nitrogens with zero attached hydrogens (tertiary/aromatic N) is 1. The van der Waals surface area contributed by atoms with E-state index in [0.717, 1.165) is 0 Å². The monoisotopic (exact) mass is 389 g/mol. The molecular weight excluding hydrogens is 362 g/mol. The number of hydrogen-bond donors (Lipinski definition) is 2. The second kappa shape index (κ2) is 9.66. The van der Waals surface area contributed by atoms with Gasteiger partial charge in [0.1, 0.15) is 6.04 Å². The van der Waals surface area contributed by atoms with E-state index in [4.69, 9.17) is 9.47 Å². The summed E-state index contributed by atoms with van der Waals surface area (Å²) in [5.41, 5.74) is 1.20. The van der Waals surface area contributed by atoms with Crippen LogP contribution in [-0.4, -0.2) is 68.2 Å². The van der Waals surface area contributed by atoms with Crippen LogP contribution in [0.15, 0.2) is 24.3 Å². The van der Waals surface area contributed by atoms with Gasteiger partial charge in [0.15, 0.2) is 0 Å². The first kappa shape index (κ1) is 20.3. The molecule has 0 aliphatic carbocycles. The number of morpholine rings is 1. The van der Waals surface area contributed by atoms with E-state index >= 15 is 0 Å². The number of benzene rings is 1. The summed E-state index contributed by atoms with van der Waals surface area (Å²) in [7, 11) is 0. The summed E-state index contributed by atoms with van der Waals surface area (Å²) < 4.78 is 10.4. The van der Waals surface area contributed by atoms with E-state index in [2.05, 4.69) is 10.6 Å². The van der Waals surface area contributed by atoms with E-state index in [1.54, 1.807) is 36.1 Å². The molecule has 0 bridgehead atoms. The van der Waals surface area contributed by atoms with Crippen LogP contribution in [0.4, 0.5) is 5.69 Å². The summed E-state index contributed by atoms with van der Waals surface area (Å²) in [6.45, 7) is 4.86. The van der Waals surface area contributed by atoms with Gasteiger partial charge in [0, 0.05) is 30.9 Å². The maximum atomic E-state index is 12.7. The molecule has 2 heterocycles. The Hall–Kier alpha value is -2.45. The summed E-state index contributed by atoms with van der Waals surface area (Å²) in [5.74, 6) is -0.520. The minimum absolute atomic E-state index is 0.0671. The Morgan fingerprint density at radius 1 is 1.21 bits per heavy atom. The zero-order chi connectivity index (χ0) is 19.9. The summed E-state index contributed by atoms with van der Waals surface area (Å²) >= 11 is 0. The third kappa shape index (κ3) is 5.08. The van der Waals surface area contributed by atoms with Crippen molar-refractivity contribution in [2.75, 3.05) is 44.8 Å². The molecule has 0 aromatic heterocycles. The molecule has 8 heteroatoms. The van der Waals surface area contributed by atoms with Crippen LogP contribution >= 0.6 is 0 Å². The Bertz CT molecular complexity index is 692. The van der Waals surface area contributed by atoms with Crippen molar-refractivity contribution >= 4 is 23.5 Å². The lowest BCUT2D eigenvalue weighted by molar-refractivity contribution is -0.149.